The van der Waals surface area contributed by atoms with Crippen LogP contribution in [-0.4, -0.2) is 15.2 Å². The molecule has 0 amide bonds. The summed E-state index contributed by atoms with van der Waals surface area (Å²) in [5.74, 6) is -0.183. The number of halogens is 4. The quantitative estimate of drug-likeness (QED) is 0.332. The van der Waals surface area contributed by atoms with E-state index in [1.54, 1.807) is 12.1 Å². The third-order valence-corrected chi connectivity index (χ3v) is 8.07. The van der Waals surface area contributed by atoms with E-state index in [-0.39, 0.29) is 23.6 Å². The highest BCUT2D eigenvalue weighted by atomic mass is 19.4. The Morgan fingerprint density at radius 1 is 1.00 bits per heavy atom. The van der Waals surface area contributed by atoms with E-state index in [2.05, 4.69) is 13.8 Å². The van der Waals surface area contributed by atoms with Crippen molar-refractivity contribution in [2.45, 2.75) is 83.1 Å². The topological polar surface area (TPSA) is 53.4 Å². The molecule has 2 atom stereocenters. The minimum Gasteiger partial charge on any atom is -0.388 e. The fourth-order valence-corrected chi connectivity index (χ4v) is 6.25. The van der Waals surface area contributed by atoms with Crippen molar-refractivity contribution < 1.29 is 27.8 Å². The van der Waals surface area contributed by atoms with E-state index in [0.29, 0.717) is 24.0 Å². The van der Waals surface area contributed by atoms with Gasteiger partial charge >= 0.3 is 6.18 Å². The number of aliphatic hydroxyl groups is 2. The van der Waals surface area contributed by atoms with Gasteiger partial charge in [0.05, 0.1) is 17.8 Å². The summed E-state index contributed by atoms with van der Waals surface area (Å²) in [5, 5.41) is 22.6. The Labute approximate surface area is 220 Å². The van der Waals surface area contributed by atoms with Crippen molar-refractivity contribution >= 4 is 0 Å². The van der Waals surface area contributed by atoms with Crippen molar-refractivity contribution in [3.8, 4) is 11.1 Å². The molecule has 2 unspecified atom stereocenters. The van der Waals surface area contributed by atoms with Crippen LogP contribution in [0.3, 0.4) is 0 Å². The van der Waals surface area contributed by atoms with Gasteiger partial charge in [0.2, 0.25) is 0 Å². The molecule has 5 rings (SSSR count). The molecule has 2 N–H and O–H groups in total. The molecule has 2 aliphatic carbocycles. The van der Waals surface area contributed by atoms with Gasteiger partial charge in [-0.1, -0.05) is 51.0 Å². The van der Waals surface area contributed by atoms with Crippen LogP contribution in [-0.2, 0) is 19.0 Å². The highest BCUT2D eigenvalue weighted by Gasteiger charge is 2.38. The maximum absolute atomic E-state index is 13.9. The molecule has 0 aliphatic heterocycles. The van der Waals surface area contributed by atoms with Gasteiger partial charge in [0, 0.05) is 29.3 Å². The third kappa shape index (κ3) is 5.36. The van der Waals surface area contributed by atoms with Gasteiger partial charge in [0.15, 0.2) is 0 Å². The summed E-state index contributed by atoms with van der Waals surface area (Å²) in [7, 11) is 0. The average Bonchev–Trinajstić information content (AvgIpc) is 3.38. The van der Waals surface area contributed by atoms with Crippen LogP contribution in [0, 0.1) is 11.2 Å². The van der Waals surface area contributed by atoms with Crippen molar-refractivity contribution in [3.63, 3.8) is 0 Å². The number of benzene rings is 2. The van der Waals surface area contributed by atoms with E-state index < -0.39 is 23.9 Å². The lowest BCUT2D eigenvalue weighted by molar-refractivity contribution is -0.137. The molecule has 1 saturated carbocycles. The second-order valence-corrected chi connectivity index (χ2v) is 11.6. The lowest BCUT2D eigenvalue weighted by atomic mass is 9.71. The van der Waals surface area contributed by atoms with E-state index >= 15 is 0 Å². The molecule has 7 heteroatoms. The van der Waals surface area contributed by atoms with Gasteiger partial charge in [-0.05, 0) is 77.6 Å². The number of fused-ring (bicyclic) bond motifs is 1. The molecule has 38 heavy (non-hydrogen) atoms. The number of pyridine rings is 1. The van der Waals surface area contributed by atoms with Gasteiger partial charge in [-0.15, -0.1) is 0 Å². The minimum absolute atomic E-state index is 0.125. The Hall–Kier alpha value is -2.77. The Morgan fingerprint density at radius 2 is 1.63 bits per heavy atom. The van der Waals surface area contributed by atoms with Crippen LogP contribution >= 0.6 is 0 Å². The molecule has 2 aromatic carbocycles. The molecule has 3 nitrogen and oxygen atoms in total. The molecule has 1 fully saturated rings. The van der Waals surface area contributed by atoms with Crippen LogP contribution in [0.5, 0.6) is 0 Å². The van der Waals surface area contributed by atoms with Crippen molar-refractivity contribution in [1.82, 2.24) is 4.98 Å². The molecule has 1 heterocycles. The zero-order valence-electron chi connectivity index (χ0n) is 21.7. The number of alkyl halides is 3. The predicted octanol–water partition coefficient (Wildman–Crippen LogP) is 7.85. The number of aliphatic hydroxyl groups excluding tert-OH is 2. The molecule has 0 bridgehead atoms. The monoisotopic (exact) mass is 527 g/mol. The first kappa shape index (κ1) is 26.8. The smallest absolute Gasteiger partial charge is 0.388 e. The normalized spacial score (nSPS) is 20.4. The number of hydrogen-bond acceptors (Lipinski definition) is 3. The van der Waals surface area contributed by atoms with E-state index in [4.69, 9.17) is 4.98 Å². The van der Waals surface area contributed by atoms with Gasteiger partial charge in [-0.25, -0.2) is 4.39 Å². The molecule has 3 aromatic rings. The van der Waals surface area contributed by atoms with Crippen LogP contribution < -0.4 is 0 Å². The average molecular weight is 528 g/mol. The number of nitrogens with zero attached hydrogens (tertiary/aromatic N) is 1. The third-order valence-electron chi connectivity index (χ3n) is 8.07. The molecule has 1 aromatic heterocycles. The highest BCUT2D eigenvalue weighted by molar-refractivity contribution is 5.74. The predicted molar refractivity (Wildman–Crippen MR) is 138 cm³/mol. The highest BCUT2D eigenvalue weighted by Crippen LogP contribution is 2.48. The van der Waals surface area contributed by atoms with Gasteiger partial charge < -0.3 is 10.2 Å². The summed E-state index contributed by atoms with van der Waals surface area (Å²) < 4.78 is 53.2. The fourth-order valence-electron chi connectivity index (χ4n) is 6.25. The molecule has 202 valence electrons. The van der Waals surface area contributed by atoms with E-state index in [0.717, 1.165) is 65.9 Å². The lowest BCUT2D eigenvalue weighted by Gasteiger charge is -2.37. The Bertz CT molecular complexity index is 1290. The van der Waals surface area contributed by atoms with Gasteiger partial charge in [0.25, 0.3) is 0 Å². The van der Waals surface area contributed by atoms with E-state index in [9.17, 15) is 27.8 Å². The van der Waals surface area contributed by atoms with Crippen molar-refractivity contribution in [2.75, 3.05) is 0 Å². The summed E-state index contributed by atoms with van der Waals surface area (Å²) in [4.78, 5) is 5.14. The van der Waals surface area contributed by atoms with E-state index in [1.165, 1.54) is 24.3 Å². The van der Waals surface area contributed by atoms with Crippen molar-refractivity contribution in [1.29, 1.82) is 0 Å². The number of hydrogen-bond donors (Lipinski definition) is 2. The van der Waals surface area contributed by atoms with Crippen LogP contribution in [0.25, 0.3) is 11.1 Å². The molecule has 2 aliphatic rings. The lowest BCUT2D eigenvalue weighted by Crippen LogP contribution is -2.29. The largest absolute Gasteiger partial charge is 0.416 e. The van der Waals surface area contributed by atoms with Crippen LogP contribution in [0.2, 0.25) is 0 Å². The zero-order chi connectivity index (χ0) is 27.2. The zero-order valence-corrected chi connectivity index (χ0v) is 21.7. The summed E-state index contributed by atoms with van der Waals surface area (Å²) in [6, 6.07) is 10.7. The van der Waals surface area contributed by atoms with Gasteiger partial charge in [0.1, 0.15) is 5.82 Å². The van der Waals surface area contributed by atoms with Crippen LogP contribution in [0.15, 0.2) is 48.5 Å². The van der Waals surface area contributed by atoms with Gasteiger partial charge in [-0.3, -0.25) is 4.98 Å². The SMILES string of the molecule is CC1(C)Cc2nc(C3CCCC3)c(CC(O)c3ccc(C(F)(F)F)cc3)c(-c3ccc(F)cc3)c2C(O)C1. The molecule has 0 radical (unpaired) electrons. The Morgan fingerprint density at radius 3 is 2.24 bits per heavy atom. The van der Waals surface area contributed by atoms with Crippen molar-refractivity contribution in [3.05, 3.63) is 88.0 Å². The van der Waals surface area contributed by atoms with Gasteiger partial charge in [-0.2, -0.15) is 13.2 Å². The second kappa shape index (κ2) is 10.1. The maximum Gasteiger partial charge on any atom is 0.416 e. The molecule has 0 saturated heterocycles. The molecule has 0 spiro atoms. The summed E-state index contributed by atoms with van der Waals surface area (Å²) in [6.45, 7) is 4.21. The first-order chi connectivity index (χ1) is 17.9. The maximum atomic E-state index is 13.9. The number of aromatic nitrogens is 1. The Balaban J connectivity index is 1.67. The van der Waals surface area contributed by atoms with Crippen LogP contribution in [0.4, 0.5) is 17.6 Å². The first-order valence-electron chi connectivity index (χ1n) is 13.3. The minimum atomic E-state index is -4.46. The van der Waals surface area contributed by atoms with Crippen LogP contribution in [0.1, 0.15) is 97.7 Å². The second-order valence-electron chi connectivity index (χ2n) is 11.6. The summed E-state index contributed by atoms with van der Waals surface area (Å²) in [6.07, 6.45) is -0.881. The summed E-state index contributed by atoms with van der Waals surface area (Å²) >= 11 is 0. The molecular weight excluding hydrogens is 494 g/mol. The van der Waals surface area contributed by atoms with E-state index in [1.807, 2.05) is 0 Å². The number of rotatable bonds is 5. The standard InChI is InChI=1S/C31H33F4NO2/c1-30(2)16-24-28(26(38)17-30)27(19-9-13-22(32)14-10-19)23(29(36-24)20-5-3-4-6-20)15-25(37)18-7-11-21(12-8-18)31(33,34)35/h7-14,20,25-26,37-38H,3-6,15-17H2,1-2H3. The summed E-state index contributed by atoms with van der Waals surface area (Å²) in [5.41, 5.74) is 4.18. The first-order valence-corrected chi connectivity index (χ1v) is 13.3. The van der Waals surface area contributed by atoms with Crippen molar-refractivity contribution in [2.24, 2.45) is 5.41 Å². The Kier molecular flexibility index (Phi) is 7.12. The fraction of sp³-hybridized carbons (Fsp3) is 0.452. The molecular formula is C31H33F4NO2.